The van der Waals surface area contributed by atoms with Crippen molar-refractivity contribution in [2.24, 2.45) is 0 Å². The number of fused-ring (bicyclic) bond motifs is 1. The van der Waals surface area contributed by atoms with Gasteiger partial charge in [-0.3, -0.25) is 9.69 Å². The van der Waals surface area contributed by atoms with E-state index in [0.717, 1.165) is 10.6 Å². The van der Waals surface area contributed by atoms with E-state index in [9.17, 15) is 9.59 Å². The second-order valence-corrected chi connectivity index (χ2v) is 9.15. The molecule has 5 rings (SSSR count). The SMILES string of the molecule is O=C(Nc1ccc(Cl)cc1)N1CCN(Cc2cc(=O)n3nc(-c4ccccc4)sc3n2)CC1. The van der Waals surface area contributed by atoms with Gasteiger partial charge in [0.1, 0.15) is 5.01 Å². The van der Waals surface area contributed by atoms with E-state index in [0.29, 0.717) is 54.1 Å². The minimum Gasteiger partial charge on any atom is -0.322 e. The monoisotopic (exact) mass is 480 g/mol. The number of rotatable bonds is 4. The highest BCUT2D eigenvalue weighted by molar-refractivity contribution is 7.19. The molecular formula is C23H21ClN6O2S. The number of halogens is 1. The third-order valence-electron chi connectivity index (χ3n) is 5.46. The molecule has 3 heterocycles. The summed E-state index contributed by atoms with van der Waals surface area (Å²) in [4.78, 5) is 34.4. The fourth-order valence-corrected chi connectivity index (χ4v) is 4.76. The third-order valence-corrected chi connectivity index (χ3v) is 6.67. The van der Waals surface area contributed by atoms with Gasteiger partial charge in [0.25, 0.3) is 5.56 Å². The van der Waals surface area contributed by atoms with Gasteiger partial charge in [-0.05, 0) is 24.3 Å². The maximum absolute atomic E-state index is 12.6. The molecule has 4 aromatic rings. The van der Waals surface area contributed by atoms with E-state index in [4.69, 9.17) is 11.6 Å². The van der Waals surface area contributed by atoms with Crippen LogP contribution in [0.15, 0.2) is 65.5 Å². The molecule has 2 aromatic carbocycles. The number of hydrogen-bond acceptors (Lipinski definition) is 6. The van der Waals surface area contributed by atoms with Crippen LogP contribution in [-0.2, 0) is 6.54 Å². The van der Waals surface area contributed by atoms with Crippen LogP contribution in [-0.4, -0.2) is 56.6 Å². The van der Waals surface area contributed by atoms with Crippen molar-refractivity contribution < 1.29 is 4.79 Å². The molecule has 2 aromatic heterocycles. The van der Waals surface area contributed by atoms with Crippen LogP contribution >= 0.6 is 22.9 Å². The van der Waals surface area contributed by atoms with Gasteiger partial charge < -0.3 is 10.2 Å². The van der Waals surface area contributed by atoms with Crippen molar-refractivity contribution in [1.82, 2.24) is 24.4 Å². The zero-order chi connectivity index (χ0) is 22.8. The Balaban J connectivity index is 1.22. The van der Waals surface area contributed by atoms with Crippen molar-refractivity contribution in [3.63, 3.8) is 0 Å². The van der Waals surface area contributed by atoms with Crippen LogP contribution in [0, 0.1) is 0 Å². The molecule has 0 saturated carbocycles. The molecule has 10 heteroatoms. The first-order valence-corrected chi connectivity index (χ1v) is 11.7. The largest absolute Gasteiger partial charge is 0.322 e. The summed E-state index contributed by atoms with van der Waals surface area (Å²) in [7, 11) is 0. The first kappa shape index (κ1) is 21.6. The van der Waals surface area contributed by atoms with Gasteiger partial charge in [0, 0.05) is 55.1 Å². The summed E-state index contributed by atoms with van der Waals surface area (Å²) in [6, 6.07) is 18.2. The molecule has 0 aliphatic carbocycles. The summed E-state index contributed by atoms with van der Waals surface area (Å²) in [6.45, 7) is 3.15. The predicted molar refractivity (Wildman–Crippen MR) is 130 cm³/mol. The van der Waals surface area contributed by atoms with Gasteiger partial charge in [-0.25, -0.2) is 9.78 Å². The van der Waals surface area contributed by atoms with E-state index in [2.05, 4.69) is 20.3 Å². The summed E-state index contributed by atoms with van der Waals surface area (Å²) >= 11 is 7.29. The molecule has 2 amide bonds. The van der Waals surface area contributed by atoms with Gasteiger partial charge in [-0.2, -0.15) is 9.61 Å². The van der Waals surface area contributed by atoms with Crippen LogP contribution in [0.5, 0.6) is 0 Å². The lowest BCUT2D eigenvalue weighted by atomic mass is 10.2. The Hall–Kier alpha value is -3.27. The van der Waals surface area contributed by atoms with E-state index in [1.54, 1.807) is 35.2 Å². The molecule has 0 bridgehead atoms. The fraction of sp³-hybridized carbons (Fsp3) is 0.217. The number of carbonyl (C=O) groups is 1. The normalized spacial score (nSPS) is 14.5. The van der Waals surface area contributed by atoms with E-state index < -0.39 is 0 Å². The Kier molecular flexibility index (Phi) is 6.08. The van der Waals surface area contributed by atoms with Gasteiger partial charge >= 0.3 is 6.03 Å². The first-order valence-electron chi connectivity index (χ1n) is 10.5. The highest BCUT2D eigenvalue weighted by Crippen LogP contribution is 2.24. The maximum atomic E-state index is 12.6. The molecule has 0 unspecified atom stereocenters. The van der Waals surface area contributed by atoms with Crippen molar-refractivity contribution in [2.45, 2.75) is 6.54 Å². The van der Waals surface area contributed by atoms with E-state index in [1.807, 2.05) is 30.3 Å². The Morgan fingerprint density at radius 3 is 2.48 bits per heavy atom. The van der Waals surface area contributed by atoms with E-state index in [-0.39, 0.29) is 11.6 Å². The summed E-state index contributed by atoms with van der Waals surface area (Å²) in [6.07, 6.45) is 0. The van der Waals surface area contributed by atoms with Crippen molar-refractivity contribution in [3.8, 4) is 10.6 Å². The van der Waals surface area contributed by atoms with E-state index in [1.165, 1.54) is 15.9 Å². The standard InChI is InChI=1S/C23H21ClN6O2S/c24-17-6-8-18(9-7-17)25-22(32)29-12-10-28(11-13-29)15-19-14-20(31)30-23(26-19)33-21(27-30)16-4-2-1-3-5-16/h1-9,14H,10-13,15H2,(H,25,32). The molecule has 0 radical (unpaired) electrons. The molecule has 1 aliphatic rings. The third kappa shape index (κ3) is 4.90. The minimum atomic E-state index is -0.186. The minimum absolute atomic E-state index is 0.132. The van der Waals surface area contributed by atoms with Crippen molar-refractivity contribution in [1.29, 1.82) is 0 Å². The Bertz CT molecular complexity index is 1330. The lowest BCUT2D eigenvalue weighted by Crippen LogP contribution is -2.49. The fourth-order valence-electron chi connectivity index (χ4n) is 3.71. The second kappa shape index (κ2) is 9.30. The molecular weight excluding hydrogens is 460 g/mol. The number of nitrogens with one attached hydrogen (secondary N) is 1. The number of benzene rings is 2. The van der Waals surface area contributed by atoms with Gasteiger partial charge in [-0.1, -0.05) is 53.3 Å². The van der Waals surface area contributed by atoms with E-state index >= 15 is 0 Å². The summed E-state index contributed by atoms with van der Waals surface area (Å²) in [5.74, 6) is 0. The molecule has 1 aliphatic heterocycles. The number of amides is 2. The lowest BCUT2D eigenvalue weighted by molar-refractivity contribution is 0.142. The van der Waals surface area contributed by atoms with Crippen molar-refractivity contribution in [3.05, 3.63) is 81.7 Å². The molecule has 0 spiro atoms. The van der Waals surface area contributed by atoms with Crippen LogP contribution in [0.3, 0.4) is 0 Å². The predicted octanol–water partition coefficient (Wildman–Crippen LogP) is 3.82. The van der Waals surface area contributed by atoms with Gasteiger partial charge in [0.2, 0.25) is 4.96 Å². The van der Waals surface area contributed by atoms with Gasteiger partial charge in [-0.15, -0.1) is 0 Å². The highest BCUT2D eigenvalue weighted by Gasteiger charge is 2.22. The van der Waals surface area contributed by atoms with Crippen LogP contribution in [0.2, 0.25) is 5.02 Å². The summed E-state index contributed by atoms with van der Waals surface area (Å²) in [5.41, 5.74) is 2.20. The maximum Gasteiger partial charge on any atom is 0.321 e. The van der Waals surface area contributed by atoms with Crippen LogP contribution < -0.4 is 10.9 Å². The molecule has 1 fully saturated rings. The van der Waals surface area contributed by atoms with Gasteiger partial charge in [0.05, 0.1) is 5.69 Å². The lowest BCUT2D eigenvalue weighted by Gasteiger charge is -2.34. The average molecular weight is 481 g/mol. The molecule has 168 valence electrons. The zero-order valence-corrected chi connectivity index (χ0v) is 19.2. The summed E-state index contributed by atoms with van der Waals surface area (Å²) < 4.78 is 1.36. The number of nitrogens with zero attached hydrogens (tertiary/aromatic N) is 5. The molecule has 1 N–H and O–H groups in total. The molecule has 33 heavy (non-hydrogen) atoms. The number of piperazine rings is 1. The highest BCUT2D eigenvalue weighted by atomic mass is 35.5. The number of anilines is 1. The quantitative estimate of drug-likeness (QED) is 0.480. The van der Waals surface area contributed by atoms with Gasteiger partial charge in [0.15, 0.2) is 0 Å². The van der Waals surface area contributed by atoms with Crippen molar-refractivity contribution in [2.75, 3.05) is 31.5 Å². The Morgan fingerprint density at radius 2 is 1.76 bits per heavy atom. The number of carbonyl (C=O) groups excluding carboxylic acids is 1. The van der Waals surface area contributed by atoms with Crippen LogP contribution in [0.25, 0.3) is 15.5 Å². The Morgan fingerprint density at radius 1 is 1.03 bits per heavy atom. The smallest absolute Gasteiger partial charge is 0.321 e. The van der Waals surface area contributed by atoms with Crippen molar-refractivity contribution >= 4 is 39.6 Å². The second-order valence-electron chi connectivity index (χ2n) is 7.75. The number of hydrogen-bond donors (Lipinski definition) is 1. The average Bonchev–Trinajstić information content (AvgIpc) is 3.26. The van der Waals surface area contributed by atoms with Crippen LogP contribution in [0.1, 0.15) is 5.69 Å². The summed E-state index contributed by atoms with van der Waals surface area (Å²) in [5, 5.41) is 8.71. The molecule has 1 saturated heterocycles. The topological polar surface area (TPSA) is 82.8 Å². The number of urea groups is 1. The Labute approximate surface area is 199 Å². The molecule has 8 nitrogen and oxygen atoms in total. The number of aromatic nitrogens is 3. The molecule has 0 atom stereocenters. The zero-order valence-electron chi connectivity index (χ0n) is 17.6. The van der Waals surface area contributed by atoms with Crippen LogP contribution in [0.4, 0.5) is 10.5 Å². The first-order chi connectivity index (χ1) is 16.0.